The lowest BCUT2D eigenvalue weighted by molar-refractivity contribution is 0.285. The Morgan fingerprint density at radius 2 is 2.05 bits per heavy atom. The molecular formula is C12H15N3O4S2. The molecule has 9 heteroatoms. The summed E-state index contributed by atoms with van der Waals surface area (Å²) in [6.07, 6.45) is 0. The van der Waals surface area contributed by atoms with E-state index in [9.17, 15) is 8.42 Å². The highest BCUT2D eigenvalue weighted by Crippen LogP contribution is 2.27. The van der Waals surface area contributed by atoms with Crippen molar-refractivity contribution in [1.82, 2.24) is 9.97 Å². The minimum absolute atomic E-state index is 0.0524. The predicted octanol–water partition coefficient (Wildman–Crippen LogP) is 1.46. The van der Waals surface area contributed by atoms with Gasteiger partial charge in [-0.3, -0.25) is 0 Å². The third-order valence-electron chi connectivity index (χ3n) is 2.67. The number of hydrogen-bond donors (Lipinski definition) is 2. The number of aryl methyl sites for hydroxylation is 2. The van der Waals surface area contributed by atoms with Crippen LogP contribution in [0.4, 0.5) is 5.95 Å². The molecule has 0 unspecified atom stereocenters. The highest BCUT2D eigenvalue weighted by atomic mass is 32.2. The molecule has 0 radical (unpaired) electrons. The zero-order chi connectivity index (χ0) is 15.6. The van der Waals surface area contributed by atoms with E-state index in [1.165, 1.54) is 13.2 Å². The van der Waals surface area contributed by atoms with E-state index in [-0.39, 0.29) is 22.6 Å². The van der Waals surface area contributed by atoms with E-state index in [4.69, 9.17) is 9.84 Å². The van der Waals surface area contributed by atoms with Crippen LogP contribution >= 0.6 is 11.3 Å². The molecule has 21 heavy (non-hydrogen) atoms. The maximum Gasteiger partial charge on any atom is 0.273 e. The minimum Gasteiger partial charge on any atom is -0.481 e. The maximum absolute atomic E-state index is 12.3. The van der Waals surface area contributed by atoms with E-state index < -0.39 is 10.0 Å². The quantitative estimate of drug-likeness (QED) is 0.861. The van der Waals surface area contributed by atoms with Gasteiger partial charge in [0, 0.05) is 16.6 Å². The van der Waals surface area contributed by atoms with Crippen molar-refractivity contribution in [3.05, 3.63) is 28.3 Å². The Labute approximate surface area is 126 Å². The number of nitrogens with one attached hydrogen (secondary N) is 1. The first-order valence-electron chi connectivity index (χ1n) is 5.98. The van der Waals surface area contributed by atoms with Crippen molar-refractivity contribution in [2.45, 2.75) is 24.7 Å². The van der Waals surface area contributed by atoms with Gasteiger partial charge in [-0.2, -0.15) is 4.98 Å². The smallest absolute Gasteiger partial charge is 0.273 e. The molecule has 0 aromatic carbocycles. The van der Waals surface area contributed by atoms with Crippen LogP contribution in [-0.2, 0) is 16.6 Å². The Bertz CT molecular complexity index is 756. The average Bonchev–Trinajstić information content (AvgIpc) is 2.79. The molecule has 0 saturated heterocycles. The SMILES string of the molecule is COc1cc(C)nc(NS(=O)(=O)c2cc(C)c(CO)s2)n1. The number of aliphatic hydroxyl groups is 1. The second-order valence-electron chi connectivity index (χ2n) is 4.31. The summed E-state index contributed by atoms with van der Waals surface area (Å²) in [7, 11) is -2.35. The third kappa shape index (κ3) is 3.49. The van der Waals surface area contributed by atoms with Gasteiger partial charge in [0.25, 0.3) is 10.0 Å². The van der Waals surface area contributed by atoms with Crippen molar-refractivity contribution in [1.29, 1.82) is 0 Å². The van der Waals surface area contributed by atoms with E-state index in [1.54, 1.807) is 19.9 Å². The van der Waals surface area contributed by atoms with E-state index in [2.05, 4.69) is 14.7 Å². The van der Waals surface area contributed by atoms with Crippen molar-refractivity contribution in [2.24, 2.45) is 0 Å². The van der Waals surface area contributed by atoms with Crippen LogP contribution in [0.5, 0.6) is 5.88 Å². The zero-order valence-electron chi connectivity index (χ0n) is 11.7. The number of aliphatic hydroxyl groups excluding tert-OH is 1. The first kappa shape index (κ1) is 15.7. The molecule has 0 saturated carbocycles. The molecule has 0 fully saturated rings. The van der Waals surface area contributed by atoms with Crippen molar-refractivity contribution in [3.8, 4) is 5.88 Å². The molecule has 114 valence electrons. The van der Waals surface area contributed by atoms with Gasteiger partial charge in [0.05, 0.1) is 13.7 Å². The van der Waals surface area contributed by atoms with Crippen molar-refractivity contribution >= 4 is 27.3 Å². The summed E-state index contributed by atoms with van der Waals surface area (Å²) in [5.74, 6) is 0.224. The van der Waals surface area contributed by atoms with E-state index in [0.29, 0.717) is 10.6 Å². The normalized spacial score (nSPS) is 11.4. The van der Waals surface area contributed by atoms with Crippen LogP contribution in [-0.4, -0.2) is 30.6 Å². The number of methoxy groups -OCH3 is 1. The summed E-state index contributed by atoms with van der Waals surface area (Å²) in [6, 6.07) is 3.10. The topological polar surface area (TPSA) is 101 Å². The summed E-state index contributed by atoms with van der Waals surface area (Å²) in [4.78, 5) is 8.57. The molecule has 0 atom stereocenters. The summed E-state index contributed by atoms with van der Waals surface area (Å²) >= 11 is 1.01. The number of hydrogen-bond acceptors (Lipinski definition) is 7. The van der Waals surface area contributed by atoms with Gasteiger partial charge in [-0.25, -0.2) is 18.1 Å². The van der Waals surface area contributed by atoms with Gasteiger partial charge < -0.3 is 9.84 Å². The Morgan fingerprint density at radius 3 is 2.62 bits per heavy atom. The second kappa shape index (κ2) is 5.96. The first-order valence-corrected chi connectivity index (χ1v) is 8.28. The molecule has 0 aliphatic carbocycles. The van der Waals surface area contributed by atoms with Crippen LogP contribution in [0.2, 0.25) is 0 Å². The van der Waals surface area contributed by atoms with Crippen LogP contribution in [0.25, 0.3) is 0 Å². The van der Waals surface area contributed by atoms with Crippen LogP contribution in [0.15, 0.2) is 16.3 Å². The van der Waals surface area contributed by atoms with Gasteiger partial charge in [0.2, 0.25) is 11.8 Å². The fraction of sp³-hybridized carbons (Fsp3) is 0.333. The molecule has 0 spiro atoms. The lowest BCUT2D eigenvalue weighted by Crippen LogP contribution is -2.14. The van der Waals surface area contributed by atoms with Gasteiger partial charge in [0.1, 0.15) is 4.21 Å². The summed E-state index contributed by atoms with van der Waals surface area (Å²) in [5, 5.41) is 9.15. The molecule has 0 aliphatic heterocycles. The molecule has 2 N–H and O–H groups in total. The van der Waals surface area contributed by atoms with E-state index in [0.717, 1.165) is 16.9 Å². The van der Waals surface area contributed by atoms with E-state index >= 15 is 0 Å². The van der Waals surface area contributed by atoms with Crippen LogP contribution in [0, 0.1) is 13.8 Å². The maximum atomic E-state index is 12.3. The largest absolute Gasteiger partial charge is 0.481 e. The number of rotatable bonds is 5. The van der Waals surface area contributed by atoms with Crippen LogP contribution < -0.4 is 9.46 Å². The van der Waals surface area contributed by atoms with Gasteiger partial charge in [-0.15, -0.1) is 11.3 Å². The Balaban J connectivity index is 2.34. The minimum atomic E-state index is -3.79. The molecule has 0 amide bonds. The second-order valence-corrected chi connectivity index (χ2v) is 7.36. The number of sulfonamides is 1. The molecule has 0 bridgehead atoms. The van der Waals surface area contributed by atoms with Gasteiger partial charge in [-0.1, -0.05) is 0 Å². The molecule has 2 heterocycles. The molecule has 2 aromatic rings. The average molecular weight is 329 g/mol. The van der Waals surface area contributed by atoms with Gasteiger partial charge in [0.15, 0.2) is 0 Å². The Kier molecular flexibility index (Phi) is 4.45. The molecule has 0 aliphatic rings. The lowest BCUT2D eigenvalue weighted by Gasteiger charge is -2.07. The lowest BCUT2D eigenvalue weighted by atomic mass is 10.3. The monoisotopic (exact) mass is 329 g/mol. The van der Waals surface area contributed by atoms with Crippen molar-refractivity contribution in [2.75, 3.05) is 11.8 Å². The fourth-order valence-electron chi connectivity index (χ4n) is 1.64. The molecule has 2 aromatic heterocycles. The zero-order valence-corrected chi connectivity index (χ0v) is 13.4. The number of thiophene rings is 1. The van der Waals surface area contributed by atoms with Gasteiger partial charge >= 0.3 is 0 Å². The third-order valence-corrected chi connectivity index (χ3v) is 5.70. The first-order chi connectivity index (χ1) is 9.85. The highest BCUT2D eigenvalue weighted by Gasteiger charge is 2.20. The van der Waals surface area contributed by atoms with E-state index in [1.807, 2.05) is 0 Å². The van der Waals surface area contributed by atoms with Gasteiger partial charge in [-0.05, 0) is 25.5 Å². The molecular weight excluding hydrogens is 314 g/mol. The summed E-state index contributed by atoms with van der Waals surface area (Å²) < 4.78 is 32.0. The Hall–Kier alpha value is -1.71. The van der Waals surface area contributed by atoms with Crippen LogP contribution in [0.3, 0.4) is 0 Å². The fourth-order valence-corrected chi connectivity index (χ4v) is 4.03. The highest BCUT2D eigenvalue weighted by molar-refractivity contribution is 7.94. The van der Waals surface area contributed by atoms with Crippen molar-refractivity contribution < 1.29 is 18.3 Å². The van der Waals surface area contributed by atoms with Crippen molar-refractivity contribution in [3.63, 3.8) is 0 Å². The predicted molar refractivity (Wildman–Crippen MR) is 79.1 cm³/mol. The summed E-state index contributed by atoms with van der Waals surface area (Å²) in [5.41, 5.74) is 1.31. The number of nitrogens with zero attached hydrogens (tertiary/aromatic N) is 2. The Morgan fingerprint density at radius 1 is 1.33 bits per heavy atom. The standard InChI is InChI=1S/C12H15N3O4S2/c1-7-4-11(20-9(7)6-16)21(17,18)15-12-13-8(2)5-10(14-12)19-3/h4-5,16H,6H2,1-3H3,(H,13,14,15). The molecule has 7 nitrogen and oxygen atoms in total. The number of ether oxygens (including phenoxy) is 1. The molecule has 2 rings (SSSR count). The number of anilines is 1. The number of aromatic nitrogens is 2. The summed E-state index contributed by atoms with van der Waals surface area (Å²) in [6.45, 7) is 3.26. The van der Waals surface area contributed by atoms with Crippen LogP contribution in [0.1, 0.15) is 16.1 Å².